The number of unbranched alkanes of at least 4 members (excludes halogenated alkanes) is 6. The topological polar surface area (TPSA) is 95.8 Å². The summed E-state index contributed by atoms with van der Waals surface area (Å²) in [6.45, 7) is 10.9. The highest BCUT2D eigenvalue weighted by atomic mass is 16.5. The van der Waals surface area contributed by atoms with E-state index < -0.39 is 0 Å². The Balaban J connectivity index is 1.62. The molecule has 0 amide bonds. The third kappa shape index (κ3) is 14.0. The minimum Gasteiger partial charge on any atom is -0.494 e. The summed E-state index contributed by atoms with van der Waals surface area (Å²) in [5.74, 6) is 0.887. The molecule has 0 aliphatic rings. The summed E-state index contributed by atoms with van der Waals surface area (Å²) in [6, 6.07) is 13.3. The van der Waals surface area contributed by atoms with E-state index in [2.05, 4.69) is 23.4 Å². The van der Waals surface area contributed by atoms with Gasteiger partial charge in [-0.1, -0.05) is 13.2 Å². The van der Waals surface area contributed by atoms with Crippen LogP contribution < -0.4 is 9.47 Å². The molecular formula is C31H40N2O6. The summed E-state index contributed by atoms with van der Waals surface area (Å²) in [7, 11) is 0. The third-order valence-corrected chi connectivity index (χ3v) is 5.70. The van der Waals surface area contributed by atoms with Crippen LogP contribution in [-0.2, 0) is 19.1 Å². The number of nitrogens with zero attached hydrogens (tertiary/aromatic N) is 2. The molecule has 0 heterocycles. The minimum atomic E-state index is -0.373. The smallest absolute Gasteiger partial charge is 0.330 e. The van der Waals surface area contributed by atoms with Crippen molar-refractivity contribution in [1.82, 2.24) is 0 Å². The molecule has 210 valence electrons. The van der Waals surface area contributed by atoms with Crippen LogP contribution in [0.5, 0.6) is 11.5 Å². The van der Waals surface area contributed by atoms with Crippen molar-refractivity contribution >= 4 is 23.3 Å². The van der Waals surface area contributed by atoms with E-state index in [0.29, 0.717) is 26.4 Å². The zero-order valence-electron chi connectivity index (χ0n) is 22.9. The molecule has 39 heavy (non-hydrogen) atoms. The van der Waals surface area contributed by atoms with E-state index in [9.17, 15) is 9.59 Å². The number of hydrogen-bond acceptors (Lipinski definition) is 8. The van der Waals surface area contributed by atoms with E-state index >= 15 is 0 Å². The Bertz CT molecular complexity index is 1070. The van der Waals surface area contributed by atoms with Crippen molar-refractivity contribution in [3.63, 3.8) is 0 Å². The molecule has 0 unspecified atom stereocenters. The summed E-state index contributed by atoms with van der Waals surface area (Å²) >= 11 is 0. The molecule has 0 spiro atoms. The first-order valence-electron chi connectivity index (χ1n) is 13.5. The standard InChI is InChI=1S/C31H40N2O6/c1-4-30(34)38-22-12-8-6-10-20-36-28-17-14-26(15-18-28)32-33-27-16-19-29(25(3)24-27)37-21-11-7-9-13-23-39-31(35)5-2/h4-5,14-19,24H,1-2,6-13,20-23H2,3H3. The zero-order chi connectivity index (χ0) is 28.1. The van der Waals surface area contributed by atoms with Crippen molar-refractivity contribution in [3.8, 4) is 11.5 Å². The van der Waals surface area contributed by atoms with Gasteiger partial charge in [-0.3, -0.25) is 0 Å². The van der Waals surface area contributed by atoms with Crippen LogP contribution in [0.4, 0.5) is 11.4 Å². The Labute approximate surface area is 231 Å². The molecule has 0 aliphatic carbocycles. The molecule has 2 aromatic rings. The Morgan fingerprint density at radius 2 is 1.15 bits per heavy atom. The molecule has 0 saturated carbocycles. The second-order valence-electron chi connectivity index (χ2n) is 8.91. The Morgan fingerprint density at radius 1 is 0.667 bits per heavy atom. The number of hydrogen-bond donors (Lipinski definition) is 0. The van der Waals surface area contributed by atoms with Crippen LogP contribution in [0.1, 0.15) is 56.9 Å². The van der Waals surface area contributed by atoms with E-state index in [1.54, 1.807) is 0 Å². The first-order valence-corrected chi connectivity index (χ1v) is 13.5. The number of carbonyl (C=O) groups excluding carboxylic acids is 2. The highest BCUT2D eigenvalue weighted by Crippen LogP contribution is 2.26. The number of aryl methyl sites for hydroxylation is 1. The average Bonchev–Trinajstić information content (AvgIpc) is 2.95. The minimum absolute atomic E-state index is 0.373. The lowest BCUT2D eigenvalue weighted by Crippen LogP contribution is -2.02. The number of azo groups is 1. The summed E-state index contributed by atoms with van der Waals surface area (Å²) in [5, 5.41) is 8.66. The molecule has 2 rings (SSSR count). The van der Waals surface area contributed by atoms with Crippen molar-refractivity contribution in [2.45, 2.75) is 58.3 Å². The average molecular weight is 537 g/mol. The van der Waals surface area contributed by atoms with Gasteiger partial charge in [0.25, 0.3) is 0 Å². The second kappa shape index (κ2) is 19.2. The molecule has 0 N–H and O–H groups in total. The third-order valence-electron chi connectivity index (χ3n) is 5.70. The molecule has 0 aromatic heterocycles. The van der Waals surface area contributed by atoms with Gasteiger partial charge < -0.3 is 18.9 Å². The summed E-state index contributed by atoms with van der Waals surface area (Å²) in [4.78, 5) is 22.0. The van der Waals surface area contributed by atoms with Crippen molar-refractivity contribution < 1.29 is 28.5 Å². The Morgan fingerprint density at radius 3 is 1.69 bits per heavy atom. The monoisotopic (exact) mass is 536 g/mol. The van der Waals surface area contributed by atoms with Crippen molar-refractivity contribution in [2.24, 2.45) is 10.2 Å². The summed E-state index contributed by atoms with van der Waals surface area (Å²) in [6.07, 6.45) is 9.90. The molecular weight excluding hydrogens is 496 g/mol. The van der Waals surface area contributed by atoms with Crippen LogP contribution in [0, 0.1) is 6.92 Å². The lowest BCUT2D eigenvalue weighted by molar-refractivity contribution is -0.138. The highest BCUT2D eigenvalue weighted by molar-refractivity contribution is 5.81. The number of rotatable bonds is 20. The second-order valence-corrected chi connectivity index (χ2v) is 8.91. The Hall–Kier alpha value is -3.94. The molecule has 0 saturated heterocycles. The van der Waals surface area contributed by atoms with Crippen molar-refractivity contribution in [3.05, 3.63) is 73.3 Å². The van der Waals surface area contributed by atoms with Gasteiger partial charge in [-0.05, 0) is 106 Å². The van der Waals surface area contributed by atoms with Gasteiger partial charge in [-0.25, -0.2) is 9.59 Å². The maximum absolute atomic E-state index is 11.0. The first-order chi connectivity index (χ1) is 19.0. The van der Waals surface area contributed by atoms with Crippen LogP contribution >= 0.6 is 0 Å². The molecule has 0 atom stereocenters. The van der Waals surface area contributed by atoms with Crippen LogP contribution in [0.25, 0.3) is 0 Å². The predicted molar refractivity (Wildman–Crippen MR) is 152 cm³/mol. The van der Waals surface area contributed by atoms with Gasteiger partial charge in [0.2, 0.25) is 0 Å². The van der Waals surface area contributed by atoms with Crippen LogP contribution in [0.3, 0.4) is 0 Å². The van der Waals surface area contributed by atoms with Crippen LogP contribution in [0.2, 0.25) is 0 Å². The van der Waals surface area contributed by atoms with Gasteiger partial charge >= 0.3 is 11.9 Å². The molecule has 0 fully saturated rings. The zero-order valence-corrected chi connectivity index (χ0v) is 22.9. The van der Waals surface area contributed by atoms with E-state index in [-0.39, 0.29) is 11.9 Å². The van der Waals surface area contributed by atoms with Gasteiger partial charge in [0.15, 0.2) is 0 Å². The molecule has 8 heteroatoms. The number of benzene rings is 2. The van der Waals surface area contributed by atoms with Gasteiger partial charge in [0, 0.05) is 12.2 Å². The summed E-state index contributed by atoms with van der Waals surface area (Å²) in [5.41, 5.74) is 2.51. The predicted octanol–water partition coefficient (Wildman–Crippen LogP) is 7.75. The first kappa shape index (κ1) is 31.3. The van der Waals surface area contributed by atoms with Gasteiger partial charge in [-0.15, -0.1) is 0 Å². The molecule has 2 aromatic carbocycles. The fourth-order valence-corrected chi connectivity index (χ4v) is 3.53. The van der Waals surface area contributed by atoms with E-state index in [0.717, 1.165) is 79.8 Å². The SMILES string of the molecule is C=CC(=O)OCCCCCCOc1ccc(N=Nc2ccc(OCCCCCCOC(=O)C=C)c(C)c2)cc1. The molecule has 0 bridgehead atoms. The van der Waals surface area contributed by atoms with E-state index in [4.69, 9.17) is 18.9 Å². The van der Waals surface area contributed by atoms with Crippen LogP contribution in [-0.4, -0.2) is 38.4 Å². The fraction of sp³-hybridized carbons (Fsp3) is 0.419. The number of carbonyl (C=O) groups is 2. The highest BCUT2D eigenvalue weighted by Gasteiger charge is 2.03. The fourth-order valence-electron chi connectivity index (χ4n) is 3.53. The maximum atomic E-state index is 11.0. The van der Waals surface area contributed by atoms with Crippen molar-refractivity contribution in [1.29, 1.82) is 0 Å². The summed E-state index contributed by atoms with van der Waals surface area (Å²) < 4.78 is 21.6. The van der Waals surface area contributed by atoms with Gasteiger partial charge in [-0.2, -0.15) is 10.2 Å². The van der Waals surface area contributed by atoms with Crippen LogP contribution in [0.15, 0.2) is 78.0 Å². The normalized spacial score (nSPS) is 10.7. The number of esters is 2. The quantitative estimate of drug-likeness (QED) is 0.0743. The largest absolute Gasteiger partial charge is 0.494 e. The lowest BCUT2D eigenvalue weighted by Gasteiger charge is -2.09. The molecule has 0 radical (unpaired) electrons. The lowest BCUT2D eigenvalue weighted by atomic mass is 10.2. The van der Waals surface area contributed by atoms with Crippen molar-refractivity contribution in [2.75, 3.05) is 26.4 Å². The van der Waals surface area contributed by atoms with Gasteiger partial charge in [0.05, 0.1) is 37.8 Å². The maximum Gasteiger partial charge on any atom is 0.330 e. The van der Waals surface area contributed by atoms with E-state index in [1.807, 2.05) is 49.4 Å². The number of ether oxygens (including phenoxy) is 4. The molecule has 8 nitrogen and oxygen atoms in total. The van der Waals surface area contributed by atoms with Gasteiger partial charge in [0.1, 0.15) is 11.5 Å². The molecule has 0 aliphatic heterocycles. The van der Waals surface area contributed by atoms with E-state index in [1.165, 1.54) is 12.2 Å². The Kier molecular flexibility index (Phi) is 15.4.